The molecule has 4 rings (SSSR count). The zero-order valence-corrected chi connectivity index (χ0v) is 27.8. The van der Waals surface area contributed by atoms with Gasteiger partial charge in [-0.15, -0.1) is 0 Å². The Morgan fingerprint density at radius 1 is 1.11 bits per heavy atom. The van der Waals surface area contributed by atoms with Crippen molar-refractivity contribution in [3.8, 4) is 17.2 Å². The van der Waals surface area contributed by atoms with Crippen molar-refractivity contribution < 1.29 is 28.5 Å². The number of allylic oxidation sites excluding steroid dienone is 1. The summed E-state index contributed by atoms with van der Waals surface area (Å²) in [7, 11) is 1.55. The van der Waals surface area contributed by atoms with E-state index in [4.69, 9.17) is 42.8 Å². The molecule has 1 atom stereocenters. The van der Waals surface area contributed by atoms with Gasteiger partial charge in [-0.25, -0.2) is 10.2 Å². The van der Waals surface area contributed by atoms with Crippen LogP contribution in [0.1, 0.15) is 36.6 Å². The number of amides is 1. The molecule has 1 aliphatic rings. The number of nitrogens with zero attached hydrogens (tertiary/aromatic N) is 1. The van der Waals surface area contributed by atoms with Gasteiger partial charge in [-0.1, -0.05) is 41.9 Å². The molecule has 3 aromatic rings. The second-order valence-corrected chi connectivity index (χ2v) is 11.4. The van der Waals surface area contributed by atoms with Crippen LogP contribution < -0.4 is 30.3 Å². The number of esters is 1. The highest BCUT2D eigenvalue weighted by atomic mass is 127. The van der Waals surface area contributed by atoms with Crippen LogP contribution >= 0.6 is 46.4 Å². The first-order valence-electron chi connectivity index (χ1n) is 13.4. The monoisotopic (exact) mass is 748 g/mol. The molecule has 0 saturated carbocycles. The van der Waals surface area contributed by atoms with E-state index in [-0.39, 0.29) is 19.8 Å². The van der Waals surface area contributed by atoms with Crippen LogP contribution in [0.25, 0.3) is 0 Å². The van der Waals surface area contributed by atoms with Gasteiger partial charge >= 0.3 is 5.97 Å². The van der Waals surface area contributed by atoms with Crippen LogP contribution in [0.15, 0.2) is 77.0 Å². The number of hydrogen-bond donors (Lipinski definition) is 3. The smallest absolute Gasteiger partial charge is 0.338 e. The Hall–Kier alpha value is -3.88. The van der Waals surface area contributed by atoms with E-state index >= 15 is 0 Å². The number of rotatable bonds is 12. The number of methoxy groups -OCH3 is 1. The number of carbonyl (C=O) groups excluding carboxylic acids is 2. The molecule has 0 spiro atoms. The van der Waals surface area contributed by atoms with Crippen LogP contribution in [-0.4, -0.2) is 43.5 Å². The Bertz CT molecular complexity index is 1600. The zero-order chi connectivity index (χ0) is 31.6. The number of para-hydroxylation sites is 1. The first kappa shape index (κ1) is 33.0. The van der Waals surface area contributed by atoms with Crippen molar-refractivity contribution in [2.75, 3.05) is 20.3 Å². The quantitative estimate of drug-likeness (QED) is 0.0734. The first-order chi connectivity index (χ1) is 21.2. The molecular formula is C31H30ClIN4O6S. The molecule has 0 aliphatic carbocycles. The van der Waals surface area contributed by atoms with Crippen LogP contribution in [0.3, 0.4) is 0 Å². The van der Waals surface area contributed by atoms with E-state index in [2.05, 4.69) is 43.8 Å². The topological polar surface area (TPSA) is 120 Å². The molecule has 1 aliphatic heterocycles. The normalized spacial score (nSPS) is 14.5. The number of carbonyl (C=O) groups is 2. The summed E-state index contributed by atoms with van der Waals surface area (Å²) in [6.07, 6.45) is 1.48. The standard InChI is InChI=1S/C31H30ClIN4O6S/c1-4-41-30(39)27-18(2)35-31(44)36-28(27)23-7-5-6-8-24(23)42-17-26(38)37-34-15-20-13-22(33)14-25(40-3)29(20)43-16-19-9-11-21(32)12-10-19/h5-15,28H,4,16-17H2,1-3H3,(H,37,38)(H2,35,36,44)/t28-/m1/s1. The molecule has 10 nitrogen and oxygen atoms in total. The van der Waals surface area contributed by atoms with Gasteiger partial charge in [-0.05, 0) is 84.6 Å². The van der Waals surface area contributed by atoms with Gasteiger partial charge in [0.1, 0.15) is 12.4 Å². The molecule has 0 radical (unpaired) electrons. The lowest BCUT2D eigenvalue weighted by Crippen LogP contribution is -2.45. The summed E-state index contributed by atoms with van der Waals surface area (Å²) in [6.45, 7) is 3.64. The molecule has 13 heteroatoms. The number of thiocarbonyl (C=S) groups is 1. The molecule has 44 heavy (non-hydrogen) atoms. The SMILES string of the molecule is CCOC(=O)C1=C(C)NC(=S)N[C@@H]1c1ccccc1OCC(=O)NN=Cc1cc(I)cc(OC)c1OCc1ccc(Cl)cc1. The number of hydrazone groups is 1. The molecule has 0 bridgehead atoms. The Morgan fingerprint density at radius 3 is 2.59 bits per heavy atom. The van der Waals surface area contributed by atoms with Crippen molar-refractivity contribution in [2.24, 2.45) is 5.10 Å². The van der Waals surface area contributed by atoms with E-state index in [0.29, 0.717) is 49.8 Å². The molecule has 1 heterocycles. The van der Waals surface area contributed by atoms with E-state index in [1.54, 1.807) is 57.4 Å². The van der Waals surface area contributed by atoms with Crippen molar-refractivity contribution in [1.82, 2.24) is 16.1 Å². The van der Waals surface area contributed by atoms with Gasteiger partial charge < -0.3 is 29.6 Å². The summed E-state index contributed by atoms with van der Waals surface area (Å²) >= 11 is 13.5. The third-order valence-corrected chi connectivity index (χ3v) is 7.41. The fourth-order valence-electron chi connectivity index (χ4n) is 4.33. The number of halogens is 2. The summed E-state index contributed by atoms with van der Waals surface area (Å²) in [4.78, 5) is 25.5. The number of hydrogen-bond acceptors (Lipinski definition) is 8. The lowest BCUT2D eigenvalue weighted by molar-refractivity contribution is -0.139. The van der Waals surface area contributed by atoms with Gasteiger partial charge in [-0.2, -0.15) is 5.10 Å². The van der Waals surface area contributed by atoms with Crippen molar-refractivity contribution in [2.45, 2.75) is 26.5 Å². The third kappa shape index (κ3) is 8.61. The summed E-state index contributed by atoms with van der Waals surface area (Å²) < 4.78 is 23.6. The third-order valence-electron chi connectivity index (χ3n) is 6.31. The molecule has 1 amide bonds. The van der Waals surface area contributed by atoms with Gasteiger partial charge in [0.15, 0.2) is 23.2 Å². The van der Waals surface area contributed by atoms with E-state index in [9.17, 15) is 9.59 Å². The molecule has 3 N–H and O–H groups in total. The molecular weight excluding hydrogens is 719 g/mol. The second kappa shape index (κ2) is 15.7. The van der Waals surface area contributed by atoms with Gasteiger partial charge in [0, 0.05) is 25.4 Å². The van der Waals surface area contributed by atoms with Gasteiger partial charge in [0.25, 0.3) is 5.91 Å². The summed E-state index contributed by atoms with van der Waals surface area (Å²) in [5, 5.41) is 11.2. The largest absolute Gasteiger partial charge is 0.493 e. The highest BCUT2D eigenvalue weighted by Crippen LogP contribution is 2.34. The van der Waals surface area contributed by atoms with E-state index < -0.39 is 17.9 Å². The zero-order valence-electron chi connectivity index (χ0n) is 24.1. The Morgan fingerprint density at radius 2 is 1.86 bits per heavy atom. The molecule has 0 saturated heterocycles. The van der Waals surface area contributed by atoms with E-state index in [1.807, 2.05) is 24.3 Å². The predicted molar refractivity (Wildman–Crippen MR) is 180 cm³/mol. The van der Waals surface area contributed by atoms with Crippen LogP contribution in [-0.2, 0) is 20.9 Å². The fourth-order valence-corrected chi connectivity index (χ4v) is 5.35. The average molecular weight is 749 g/mol. The highest BCUT2D eigenvalue weighted by Gasteiger charge is 2.32. The maximum atomic E-state index is 12.8. The molecule has 0 unspecified atom stereocenters. The van der Waals surface area contributed by atoms with Crippen LogP contribution in [0, 0.1) is 3.57 Å². The number of nitrogens with one attached hydrogen (secondary N) is 3. The average Bonchev–Trinajstić information content (AvgIpc) is 3.00. The highest BCUT2D eigenvalue weighted by molar-refractivity contribution is 14.1. The maximum absolute atomic E-state index is 12.8. The van der Waals surface area contributed by atoms with Crippen LogP contribution in [0.5, 0.6) is 17.2 Å². The summed E-state index contributed by atoms with van der Waals surface area (Å²) in [6, 6.07) is 17.5. The molecule has 0 aromatic heterocycles. The van der Waals surface area contributed by atoms with Crippen molar-refractivity contribution in [3.05, 3.63) is 97.2 Å². The van der Waals surface area contributed by atoms with Crippen molar-refractivity contribution in [3.63, 3.8) is 0 Å². The van der Waals surface area contributed by atoms with Crippen LogP contribution in [0.4, 0.5) is 0 Å². The van der Waals surface area contributed by atoms with Crippen molar-refractivity contribution >= 4 is 69.6 Å². The van der Waals surface area contributed by atoms with Gasteiger partial charge in [-0.3, -0.25) is 4.79 Å². The van der Waals surface area contributed by atoms with Crippen LogP contribution in [0.2, 0.25) is 5.02 Å². The lowest BCUT2D eigenvalue weighted by Gasteiger charge is -2.30. The molecule has 0 fully saturated rings. The molecule has 3 aromatic carbocycles. The lowest BCUT2D eigenvalue weighted by atomic mass is 9.95. The summed E-state index contributed by atoms with van der Waals surface area (Å²) in [5.41, 5.74) is 5.57. The minimum Gasteiger partial charge on any atom is -0.493 e. The van der Waals surface area contributed by atoms with E-state index in [0.717, 1.165) is 9.13 Å². The minimum atomic E-state index is -0.637. The Kier molecular flexibility index (Phi) is 11.8. The predicted octanol–water partition coefficient (Wildman–Crippen LogP) is 5.42. The Labute approximate surface area is 279 Å². The van der Waals surface area contributed by atoms with Crippen molar-refractivity contribution in [1.29, 1.82) is 0 Å². The Balaban J connectivity index is 1.45. The maximum Gasteiger partial charge on any atom is 0.338 e. The van der Waals surface area contributed by atoms with Gasteiger partial charge in [0.05, 0.1) is 31.5 Å². The minimum absolute atomic E-state index is 0.219. The number of ether oxygens (including phenoxy) is 4. The van der Waals surface area contributed by atoms with E-state index in [1.165, 1.54) is 6.21 Å². The fraction of sp³-hybridized carbons (Fsp3) is 0.226. The first-order valence-corrected chi connectivity index (χ1v) is 15.3. The van der Waals surface area contributed by atoms with Gasteiger partial charge in [0.2, 0.25) is 0 Å². The number of benzene rings is 3. The second-order valence-electron chi connectivity index (χ2n) is 9.35. The molecule has 230 valence electrons. The summed E-state index contributed by atoms with van der Waals surface area (Å²) in [5.74, 6) is 0.408.